The Labute approximate surface area is 180 Å². The van der Waals surface area contributed by atoms with E-state index in [0.29, 0.717) is 19.4 Å². The lowest BCUT2D eigenvalue weighted by molar-refractivity contribution is -0.159. The molecule has 0 saturated heterocycles. The number of hydrogen-bond donors (Lipinski definition) is 2. The van der Waals surface area contributed by atoms with Gasteiger partial charge in [0.15, 0.2) is 0 Å². The summed E-state index contributed by atoms with van der Waals surface area (Å²) in [7, 11) is 0. The number of hydrogen-bond acceptors (Lipinski definition) is 4. The Morgan fingerprint density at radius 2 is 1.70 bits per heavy atom. The van der Waals surface area contributed by atoms with E-state index >= 15 is 0 Å². The molecule has 1 aliphatic rings. The number of carboxylic acids is 1. The number of nitrogens with zero attached hydrogens (tertiary/aromatic N) is 1. The van der Waals surface area contributed by atoms with Gasteiger partial charge in [-0.05, 0) is 41.5 Å². The van der Waals surface area contributed by atoms with Crippen molar-refractivity contribution >= 4 is 33.4 Å². The second-order valence-electron chi connectivity index (χ2n) is 9.17. The predicted molar refractivity (Wildman–Crippen MR) is 118 cm³/mol. The van der Waals surface area contributed by atoms with Gasteiger partial charge in [-0.15, -0.1) is 11.3 Å². The molecule has 0 bridgehead atoms. The molecule has 1 aromatic heterocycles. The summed E-state index contributed by atoms with van der Waals surface area (Å²) >= 11 is 1.55. The molecule has 0 spiro atoms. The first-order chi connectivity index (χ1) is 14.2. The third-order valence-corrected chi connectivity index (χ3v) is 7.02. The fourth-order valence-electron chi connectivity index (χ4n) is 4.90. The number of benzene rings is 2. The third kappa shape index (κ3) is 3.60. The minimum atomic E-state index is -1.02. The van der Waals surface area contributed by atoms with E-state index in [0.717, 1.165) is 26.4 Å². The standard InChI is InChI=1S/C24H26N2O3S/c1-23(2,3)20(21(27)28)24(12-15-8-4-5-9-16(15)13-24)22(29)25-14-19-26-17-10-6-7-11-18(17)30-19/h4-11,20H,12-14H2,1-3H3,(H,25,29)(H,27,28). The van der Waals surface area contributed by atoms with Gasteiger partial charge in [0.1, 0.15) is 5.01 Å². The predicted octanol–water partition coefficient (Wildman–Crippen LogP) is 4.44. The molecule has 2 N–H and O–H groups in total. The molecule has 4 rings (SSSR count). The van der Waals surface area contributed by atoms with Crippen LogP contribution >= 0.6 is 11.3 Å². The number of aromatic nitrogens is 1. The maximum Gasteiger partial charge on any atom is 0.308 e. The van der Waals surface area contributed by atoms with Crippen molar-refractivity contribution in [3.05, 3.63) is 64.7 Å². The topological polar surface area (TPSA) is 79.3 Å². The zero-order valence-corrected chi connectivity index (χ0v) is 18.3. The van der Waals surface area contributed by atoms with Gasteiger partial charge in [0, 0.05) is 0 Å². The Hall–Kier alpha value is -2.73. The van der Waals surface area contributed by atoms with E-state index in [2.05, 4.69) is 10.3 Å². The number of thiazole rings is 1. The average Bonchev–Trinajstić information content (AvgIpc) is 3.25. The normalized spacial score (nSPS) is 16.2. The number of rotatable bonds is 5. The molecule has 2 aromatic carbocycles. The first kappa shape index (κ1) is 20.5. The van der Waals surface area contributed by atoms with E-state index in [9.17, 15) is 14.7 Å². The van der Waals surface area contributed by atoms with Crippen molar-refractivity contribution in [1.29, 1.82) is 0 Å². The Morgan fingerprint density at radius 1 is 1.10 bits per heavy atom. The van der Waals surface area contributed by atoms with Gasteiger partial charge in [-0.2, -0.15) is 0 Å². The van der Waals surface area contributed by atoms with Crippen LogP contribution in [-0.4, -0.2) is 22.0 Å². The van der Waals surface area contributed by atoms with Gasteiger partial charge in [-0.25, -0.2) is 4.98 Å². The fraction of sp³-hybridized carbons (Fsp3) is 0.375. The van der Waals surface area contributed by atoms with Gasteiger partial charge < -0.3 is 10.4 Å². The van der Waals surface area contributed by atoms with E-state index < -0.39 is 22.7 Å². The van der Waals surface area contributed by atoms with Crippen molar-refractivity contribution in [3.8, 4) is 0 Å². The highest BCUT2D eigenvalue weighted by molar-refractivity contribution is 7.18. The van der Waals surface area contributed by atoms with Crippen molar-refractivity contribution in [2.75, 3.05) is 0 Å². The van der Waals surface area contributed by atoms with Crippen LogP contribution in [0.25, 0.3) is 10.2 Å². The number of para-hydroxylation sites is 1. The minimum Gasteiger partial charge on any atom is -0.481 e. The van der Waals surface area contributed by atoms with E-state index in [1.165, 1.54) is 0 Å². The van der Waals surface area contributed by atoms with Crippen molar-refractivity contribution in [3.63, 3.8) is 0 Å². The number of carbonyl (C=O) groups is 2. The van der Waals surface area contributed by atoms with Crippen LogP contribution in [-0.2, 0) is 29.0 Å². The van der Waals surface area contributed by atoms with Crippen molar-refractivity contribution in [1.82, 2.24) is 10.3 Å². The zero-order chi connectivity index (χ0) is 21.5. The molecule has 1 unspecified atom stereocenters. The maximum atomic E-state index is 13.6. The summed E-state index contributed by atoms with van der Waals surface area (Å²) < 4.78 is 1.07. The average molecular weight is 423 g/mol. The monoisotopic (exact) mass is 422 g/mol. The van der Waals surface area contributed by atoms with E-state index in [1.54, 1.807) is 11.3 Å². The van der Waals surface area contributed by atoms with Crippen LogP contribution in [0.15, 0.2) is 48.5 Å². The summed E-state index contributed by atoms with van der Waals surface area (Å²) in [5.41, 5.74) is 1.44. The summed E-state index contributed by atoms with van der Waals surface area (Å²) in [4.78, 5) is 30.6. The van der Waals surface area contributed by atoms with Crippen molar-refractivity contribution in [2.24, 2.45) is 16.7 Å². The highest BCUT2D eigenvalue weighted by atomic mass is 32.1. The maximum absolute atomic E-state index is 13.6. The van der Waals surface area contributed by atoms with Gasteiger partial charge in [-0.3, -0.25) is 9.59 Å². The Kier molecular flexibility index (Phi) is 5.14. The number of amides is 1. The van der Waals surface area contributed by atoms with E-state index in [1.807, 2.05) is 69.3 Å². The first-order valence-corrected chi connectivity index (χ1v) is 10.9. The van der Waals surface area contributed by atoms with Crippen LogP contribution in [0, 0.1) is 16.7 Å². The molecule has 0 fully saturated rings. The van der Waals surface area contributed by atoms with Crippen LogP contribution in [0.5, 0.6) is 0 Å². The molecule has 3 aromatic rings. The van der Waals surface area contributed by atoms with Crippen molar-refractivity contribution < 1.29 is 14.7 Å². The number of carboxylic acid groups (broad SMARTS) is 1. The molecule has 6 heteroatoms. The lowest BCUT2D eigenvalue weighted by Crippen LogP contribution is -2.53. The number of carbonyl (C=O) groups excluding carboxylic acids is 1. The lowest BCUT2D eigenvalue weighted by Gasteiger charge is -2.41. The summed E-state index contributed by atoms with van der Waals surface area (Å²) in [5.74, 6) is -1.95. The summed E-state index contributed by atoms with van der Waals surface area (Å²) in [6.07, 6.45) is 0.867. The summed E-state index contributed by atoms with van der Waals surface area (Å²) in [5, 5.41) is 14.0. The largest absolute Gasteiger partial charge is 0.481 e. The van der Waals surface area contributed by atoms with Crippen LogP contribution in [0.3, 0.4) is 0 Å². The lowest BCUT2D eigenvalue weighted by atomic mass is 9.61. The second kappa shape index (κ2) is 7.51. The smallest absolute Gasteiger partial charge is 0.308 e. The van der Waals surface area contributed by atoms with E-state index in [4.69, 9.17) is 0 Å². The van der Waals surface area contributed by atoms with Crippen LogP contribution < -0.4 is 5.32 Å². The Morgan fingerprint density at radius 3 is 2.27 bits per heavy atom. The third-order valence-electron chi connectivity index (χ3n) is 5.99. The van der Waals surface area contributed by atoms with Gasteiger partial charge in [-0.1, -0.05) is 57.2 Å². The molecule has 30 heavy (non-hydrogen) atoms. The molecular weight excluding hydrogens is 396 g/mol. The highest BCUT2D eigenvalue weighted by Gasteiger charge is 2.56. The second-order valence-corrected chi connectivity index (χ2v) is 10.3. The van der Waals surface area contributed by atoms with Gasteiger partial charge >= 0.3 is 5.97 Å². The summed E-state index contributed by atoms with van der Waals surface area (Å²) in [6.45, 7) is 6.00. The molecule has 1 atom stereocenters. The van der Waals surface area contributed by atoms with E-state index in [-0.39, 0.29) is 5.91 Å². The van der Waals surface area contributed by atoms with Gasteiger partial charge in [0.25, 0.3) is 0 Å². The molecule has 0 saturated carbocycles. The molecule has 5 nitrogen and oxygen atoms in total. The molecular formula is C24H26N2O3S. The van der Waals surface area contributed by atoms with Crippen LogP contribution in [0.2, 0.25) is 0 Å². The molecule has 0 radical (unpaired) electrons. The number of fused-ring (bicyclic) bond motifs is 2. The van der Waals surface area contributed by atoms with Crippen LogP contribution in [0.1, 0.15) is 36.9 Å². The molecule has 0 aliphatic heterocycles. The minimum absolute atomic E-state index is 0.208. The highest BCUT2D eigenvalue weighted by Crippen LogP contribution is 2.49. The molecule has 1 aliphatic carbocycles. The summed E-state index contributed by atoms with van der Waals surface area (Å²) in [6, 6.07) is 15.8. The first-order valence-electron chi connectivity index (χ1n) is 10.1. The molecule has 1 amide bonds. The fourth-order valence-corrected chi connectivity index (χ4v) is 5.81. The van der Waals surface area contributed by atoms with Crippen molar-refractivity contribution in [2.45, 2.75) is 40.2 Å². The Balaban J connectivity index is 1.65. The SMILES string of the molecule is CC(C)(C)C(C(=O)O)C1(C(=O)NCc2nc3ccccc3s2)Cc2ccccc2C1. The zero-order valence-electron chi connectivity index (χ0n) is 17.4. The quantitative estimate of drug-likeness (QED) is 0.637. The Bertz CT molecular complexity index is 1050. The van der Waals surface area contributed by atoms with Gasteiger partial charge in [0.05, 0.1) is 28.1 Å². The van der Waals surface area contributed by atoms with Crippen LogP contribution in [0.4, 0.5) is 0 Å². The number of nitrogens with one attached hydrogen (secondary N) is 1. The van der Waals surface area contributed by atoms with Gasteiger partial charge in [0.2, 0.25) is 5.91 Å². The molecule has 156 valence electrons. The number of aliphatic carboxylic acids is 1. The molecule has 1 heterocycles.